The van der Waals surface area contributed by atoms with Gasteiger partial charge in [-0.3, -0.25) is 4.79 Å². The van der Waals surface area contributed by atoms with Crippen LogP contribution in [-0.4, -0.2) is 36.0 Å². The highest BCUT2D eigenvalue weighted by atomic mass is 35.5. The molecule has 3 rings (SSSR count). The average Bonchev–Trinajstić information content (AvgIpc) is 3.11. The number of carbonyl (C=O) groups excluding carboxylic acids is 1. The number of nitrogens with two attached hydrogens (primary N) is 1. The Morgan fingerprint density at radius 1 is 1.32 bits per heavy atom. The fraction of sp³-hybridized carbons (Fsp3) is 0.444. The van der Waals surface area contributed by atoms with Gasteiger partial charge in [-0.25, -0.2) is 4.98 Å². The highest BCUT2D eigenvalue weighted by Gasteiger charge is 2.25. The summed E-state index contributed by atoms with van der Waals surface area (Å²) >= 11 is 1.45. The summed E-state index contributed by atoms with van der Waals surface area (Å²) in [6, 6.07) is 8.26. The number of methoxy groups -OCH3 is 1. The lowest BCUT2D eigenvalue weighted by atomic mass is 9.90. The monoisotopic (exact) mass is 381 g/mol. The molecule has 0 bridgehead atoms. The van der Waals surface area contributed by atoms with E-state index in [1.165, 1.54) is 16.9 Å². The van der Waals surface area contributed by atoms with Crippen molar-refractivity contribution < 1.29 is 9.53 Å². The molecule has 0 spiro atoms. The van der Waals surface area contributed by atoms with Gasteiger partial charge in [0.25, 0.3) is 5.91 Å². The molecule has 0 atom stereocenters. The van der Waals surface area contributed by atoms with E-state index >= 15 is 0 Å². The maximum atomic E-state index is 12.5. The summed E-state index contributed by atoms with van der Waals surface area (Å²) in [4.78, 5) is 18.7. The van der Waals surface area contributed by atoms with Crippen molar-refractivity contribution in [3.05, 3.63) is 45.9 Å². The molecule has 1 saturated heterocycles. The van der Waals surface area contributed by atoms with Gasteiger partial charge in [0.15, 0.2) is 0 Å². The SMILES string of the molecule is COc1ccc(CC2CCN(C(=O)c3csc(CN)n3)CC2)cc1.Cl. The summed E-state index contributed by atoms with van der Waals surface area (Å²) in [6.45, 7) is 1.99. The van der Waals surface area contributed by atoms with Gasteiger partial charge in [0.2, 0.25) is 0 Å². The molecule has 7 heteroatoms. The zero-order valence-corrected chi connectivity index (χ0v) is 15.9. The Balaban J connectivity index is 0.00000225. The van der Waals surface area contributed by atoms with Gasteiger partial charge >= 0.3 is 0 Å². The Kier molecular flexibility index (Phi) is 7.23. The molecule has 2 heterocycles. The summed E-state index contributed by atoms with van der Waals surface area (Å²) in [5.74, 6) is 1.55. The van der Waals surface area contributed by atoms with Crippen LogP contribution in [0.15, 0.2) is 29.6 Å². The predicted molar refractivity (Wildman–Crippen MR) is 103 cm³/mol. The third-order valence-electron chi connectivity index (χ3n) is 4.53. The summed E-state index contributed by atoms with van der Waals surface area (Å²) in [7, 11) is 1.68. The van der Waals surface area contributed by atoms with E-state index in [2.05, 4.69) is 17.1 Å². The largest absolute Gasteiger partial charge is 0.497 e. The molecule has 25 heavy (non-hydrogen) atoms. The predicted octanol–water partition coefficient (Wildman–Crippen LogP) is 3.13. The first kappa shape index (κ1) is 19.7. The van der Waals surface area contributed by atoms with Crippen LogP contribution in [0.1, 0.15) is 33.9 Å². The zero-order chi connectivity index (χ0) is 16.9. The fourth-order valence-corrected chi connectivity index (χ4v) is 3.75. The Hall–Kier alpha value is -1.63. The normalized spacial score (nSPS) is 14.9. The number of thiazole rings is 1. The first-order chi connectivity index (χ1) is 11.7. The Bertz CT molecular complexity index is 682. The second-order valence-electron chi connectivity index (χ2n) is 6.12. The van der Waals surface area contributed by atoms with Crippen LogP contribution in [-0.2, 0) is 13.0 Å². The maximum absolute atomic E-state index is 12.5. The molecule has 0 aliphatic carbocycles. The lowest BCUT2D eigenvalue weighted by Crippen LogP contribution is -2.39. The number of carbonyl (C=O) groups is 1. The van der Waals surface area contributed by atoms with E-state index in [1.54, 1.807) is 7.11 Å². The van der Waals surface area contributed by atoms with Gasteiger partial charge < -0.3 is 15.4 Å². The minimum atomic E-state index is 0. The van der Waals surface area contributed by atoms with Gasteiger partial charge in [0.1, 0.15) is 16.5 Å². The molecule has 1 aromatic heterocycles. The van der Waals surface area contributed by atoms with Crippen molar-refractivity contribution in [1.29, 1.82) is 0 Å². The van der Waals surface area contributed by atoms with Crippen LogP contribution in [0.3, 0.4) is 0 Å². The molecule has 0 unspecified atom stereocenters. The smallest absolute Gasteiger partial charge is 0.273 e. The highest BCUT2D eigenvalue weighted by molar-refractivity contribution is 7.09. The Morgan fingerprint density at radius 2 is 2.00 bits per heavy atom. The molecule has 136 valence electrons. The van der Waals surface area contributed by atoms with E-state index < -0.39 is 0 Å². The Labute approximate surface area is 158 Å². The minimum Gasteiger partial charge on any atom is -0.497 e. The number of hydrogen-bond donors (Lipinski definition) is 1. The van der Waals surface area contributed by atoms with Crippen LogP contribution >= 0.6 is 23.7 Å². The van der Waals surface area contributed by atoms with Gasteiger partial charge in [0, 0.05) is 25.0 Å². The number of aromatic nitrogens is 1. The summed E-state index contributed by atoms with van der Waals surface area (Å²) < 4.78 is 5.19. The molecule has 1 aliphatic rings. The van der Waals surface area contributed by atoms with E-state index in [0.29, 0.717) is 18.2 Å². The standard InChI is InChI=1S/C18H23N3O2S.ClH/c1-23-15-4-2-13(3-5-15)10-14-6-8-21(9-7-14)18(22)16-12-24-17(11-19)20-16;/h2-5,12,14H,6-11,19H2,1H3;1H. The number of benzene rings is 1. The van der Waals surface area contributed by atoms with Gasteiger partial charge in [-0.1, -0.05) is 12.1 Å². The van der Waals surface area contributed by atoms with Crippen molar-refractivity contribution in [3.8, 4) is 5.75 Å². The minimum absolute atomic E-state index is 0. The molecule has 0 radical (unpaired) electrons. The molecular weight excluding hydrogens is 358 g/mol. The molecule has 1 amide bonds. The molecule has 1 fully saturated rings. The van der Waals surface area contributed by atoms with Crippen LogP contribution in [0.25, 0.3) is 0 Å². The number of likely N-dealkylation sites (tertiary alicyclic amines) is 1. The molecule has 2 aromatic rings. The fourth-order valence-electron chi connectivity index (χ4n) is 3.10. The topological polar surface area (TPSA) is 68.5 Å². The second-order valence-corrected chi connectivity index (χ2v) is 7.06. The van der Waals surface area contributed by atoms with E-state index in [-0.39, 0.29) is 18.3 Å². The molecule has 2 N–H and O–H groups in total. The summed E-state index contributed by atoms with van der Waals surface area (Å²) in [5.41, 5.74) is 7.43. The third kappa shape index (κ3) is 4.93. The van der Waals surface area contributed by atoms with Crippen molar-refractivity contribution in [2.45, 2.75) is 25.8 Å². The maximum Gasteiger partial charge on any atom is 0.273 e. The first-order valence-electron chi connectivity index (χ1n) is 8.26. The van der Waals surface area contributed by atoms with Crippen molar-refractivity contribution >= 4 is 29.7 Å². The van der Waals surface area contributed by atoms with Crippen LogP contribution in [0.5, 0.6) is 5.75 Å². The van der Waals surface area contributed by atoms with E-state index in [9.17, 15) is 4.79 Å². The second kappa shape index (κ2) is 9.17. The van der Waals surface area contributed by atoms with Crippen molar-refractivity contribution in [2.75, 3.05) is 20.2 Å². The third-order valence-corrected chi connectivity index (χ3v) is 5.40. The average molecular weight is 382 g/mol. The molecule has 1 aliphatic heterocycles. The number of hydrogen-bond acceptors (Lipinski definition) is 5. The van der Waals surface area contributed by atoms with E-state index in [0.717, 1.165) is 43.1 Å². The van der Waals surface area contributed by atoms with Gasteiger partial charge in [-0.05, 0) is 42.9 Å². The van der Waals surface area contributed by atoms with Crippen LogP contribution in [0.4, 0.5) is 0 Å². The van der Waals surface area contributed by atoms with Crippen molar-refractivity contribution in [1.82, 2.24) is 9.88 Å². The highest BCUT2D eigenvalue weighted by Crippen LogP contribution is 2.24. The first-order valence-corrected chi connectivity index (χ1v) is 9.14. The lowest BCUT2D eigenvalue weighted by Gasteiger charge is -2.31. The molecular formula is C18H24ClN3O2S. The molecule has 5 nitrogen and oxygen atoms in total. The number of nitrogens with zero attached hydrogens (tertiary/aromatic N) is 2. The van der Waals surface area contributed by atoms with Gasteiger partial charge in [0.05, 0.1) is 7.11 Å². The van der Waals surface area contributed by atoms with E-state index in [1.807, 2.05) is 22.4 Å². The number of rotatable bonds is 5. The number of ether oxygens (including phenoxy) is 1. The van der Waals surface area contributed by atoms with Crippen molar-refractivity contribution in [3.63, 3.8) is 0 Å². The lowest BCUT2D eigenvalue weighted by molar-refractivity contribution is 0.0685. The zero-order valence-electron chi connectivity index (χ0n) is 14.3. The summed E-state index contributed by atoms with van der Waals surface area (Å²) in [6.07, 6.45) is 3.12. The van der Waals surface area contributed by atoms with Crippen molar-refractivity contribution in [2.24, 2.45) is 11.7 Å². The van der Waals surface area contributed by atoms with Crippen LogP contribution in [0, 0.1) is 5.92 Å². The van der Waals surface area contributed by atoms with Crippen LogP contribution < -0.4 is 10.5 Å². The summed E-state index contributed by atoms with van der Waals surface area (Å²) in [5, 5.41) is 2.63. The molecule has 1 aromatic carbocycles. The number of amides is 1. The van der Waals surface area contributed by atoms with E-state index in [4.69, 9.17) is 10.5 Å². The van der Waals surface area contributed by atoms with Gasteiger partial charge in [-0.15, -0.1) is 23.7 Å². The molecule has 0 saturated carbocycles. The van der Waals surface area contributed by atoms with Gasteiger partial charge in [-0.2, -0.15) is 0 Å². The number of halogens is 1. The number of piperidine rings is 1. The van der Waals surface area contributed by atoms with Crippen LogP contribution in [0.2, 0.25) is 0 Å². The quantitative estimate of drug-likeness (QED) is 0.863. The Morgan fingerprint density at radius 3 is 2.56 bits per heavy atom.